The number of ether oxygens (including phenoxy) is 2. The van der Waals surface area contributed by atoms with Crippen molar-refractivity contribution in [3.05, 3.63) is 75.2 Å². The molecule has 5 rings (SSSR count). The van der Waals surface area contributed by atoms with Gasteiger partial charge in [0.25, 0.3) is 5.91 Å². The number of anilines is 1. The highest BCUT2D eigenvalue weighted by molar-refractivity contribution is 6.04. The number of carbonyl (C=O) groups excluding carboxylic acids is 1. The van der Waals surface area contributed by atoms with Crippen molar-refractivity contribution in [2.75, 3.05) is 11.9 Å². The Morgan fingerprint density at radius 3 is 2.52 bits per heavy atom. The molecule has 1 atom stereocenters. The van der Waals surface area contributed by atoms with E-state index in [0.29, 0.717) is 41.2 Å². The summed E-state index contributed by atoms with van der Waals surface area (Å²) in [7, 11) is 0. The van der Waals surface area contributed by atoms with E-state index in [1.54, 1.807) is 45.9 Å². The van der Waals surface area contributed by atoms with Gasteiger partial charge in [0.15, 0.2) is 29.1 Å². The van der Waals surface area contributed by atoms with Crippen molar-refractivity contribution in [2.45, 2.75) is 73.0 Å². The number of aryl methyl sites for hydroxylation is 3. The molecule has 3 heterocycles. The van der Waals surface area contributed by atoms with E-state index in [1.807, 2.05) is 26.8 Å². The minimum absolute atomic E-state index is 0.214. The molecular weight excluding hydrogens is 539 g/mol. The molecule has 1 aliphatic rings. The van der Waals surface area contributed by atoms with Gasteiger partial charge in [-0.3, -0.25) is 4.79 Å². The third-order valence-electron chi connectivity index (χ3n) is 7.49. The predicted octanol–water partition coefficient (Wildman–Crippen LogP) is 6.29. The number of amides is 1. The molecule has 0 saturated heterocycles. The summed E-state index contributed by atoms with van der Waals surface area (Å²) < 4.78 is 28.7. The molecule has 2 N–H and O–H groups in total. The maximum atomic E-state index is 15.5. The fraction of sp³-hybridized carbons (Fsp3) is 0.375. The second-order valence-electron chi connectivity index (χ2n) is 11.8. The zero-order valence-electron chi connectivity index (χ0n) is 24.9. The van der Waals surface area contributed by atoms with Gasteiger partial charge in [-0.25, -0.2) is 18.7 Å². The molecule has 9 nitrogen and oxygen atoms in total. The third-order valence-corrected chi connectivity index (χ3v) is 7.49. The average Bonchev–Trinajstić information content (AvgIpc) is 3.31. The molecule has 2 aromatic carbocycles. The predicted molar refractivity (Wildman–Crippen MR) is 157 cm³/mol. The van der Waals surface area contributed by atoms with Crippen molar-refractivity contribution in [1.29, 1.82) is 0 Å². The molecule has 0 radical (unpaired) electrons. The number of hydrogen-bond acceptors (Lipinski definition) is 6. The third kappa shape index (κ3) is 5.46. The van der Waals surface area contributed by atoms with Crippen LogP contribution >= 0.6 is 0 Å². The highest BCUT2D eigenvalue weighted by atomic mass is 19.1. The van der Waals surface area contributed by atoms with Gasteiger partial charge in [-0.1, -0.05) is 6.07 Å². The lowest BCUT2D eigenvalue weighted by molar-refractivity contribution is -0.160. The number of aromatic nitrogens is 3. The lowest BCUT2D eigenvalue weighted by Gasteiger charge is -2.28. The van der Waals surface area contributed by atoms with E-state index < -0.39 is 23.5 Å². The van der Waals surface area contributed by atoms with Gasteiger partial charge in [0.2, 0.25) is 0 Å². The zero-order valence-corrected chi connectivity index (χ0v) is 24.9. The molecule has 4 aromatic rings. The van der Waals surface area contributed by atoms with E-state index in [-0.39, 0.29) is 23.0 Å². The van der Waals surface area contributed by atoms with E-state index in [9.17, 15) is 14.7 Å². The molecule has 2 aromatic heterocycles. The second kappa shape index (κ2) is 10.8. The highest BCUT2D eigenvalue weighted by Crippen LogP contribution is 2.41. The van der Waals surface area contributed by atoms with E-state index in [2.05, 4.69) is 15.4 Å². The van der Waals surface area contributed by atoms with Crippen LogP contribution in [0.1, 0.15) is 77.2 Å². The summed E-state index contributed by atoms with van der Waals surface area (Å²) >= 11 is 0. The van der Waals surface area contributed by atoms with Crippen LogP contribution in [0, 0.1) is 33.5 Å². The lowest BCUT2D eigenvalue weighted by atomic mass is 9.91. The molecule has 1 amide bonds. The quantitative estimate of drug-likeness (QED) is 0.278. The van der Waals surface area contributed by atoms with Crippen LogP contribution in [0.4, 0.5) is 10.2 Å². The van der Waals surface area contributed by atoms with Crippen LogP contribution in [0.3, 0.4) is 0 Å². The van der Waals surface area contributed by atoms with Crippen molar-refractivity contribution in [1.82, 2.24) is 14.6 Å². The maximum Gasteiger partial charge on any atom is 0.337 e. The lowest BCUT2D eigenvalue weighted by Crippen LogP contribution is -2.29. The minimum Gasteiger partial charge on any atom is -0.490 e. The first-order chi connectivity index (χ1) is 19.7. The summed E-state index contributed by atoms with van der Waals surface area (Å²) in [6.07, 6.45) is -0.0779. The van der Waals surface area contributed by atoms with E-state index in [4.69, 9.17) is 9.47 Å². The Kier molecular flexibility index (Phi) is 7.53. The van der Waals surface area contributed by atoms with Crippen LogP contribution in [0.25, 0.3) is 16.9 Å². The first kappa shape index (κ1) is 29.2. The van der Waals surface area contributed by atoms with Crippen molar-refractivity contribution in [2.24, 2.45) is 0 Å². The summed E-state index contributed by atoms with van der Waals surface area (Å²) in [5, 5.41) is 17.8. The number of nitrogens with one attached hydrogen (secondary N) is 1. The Morgan fingerprint density at radius 1 is 1.12 bits per heavy atom. The Balaban J connectivity index is 1.74. The van der Waals surface area contributed by atoms with Crippen LogP contribution < -0.4 is 10.1 Å². The van der Waals surface area contributed by atoms with Crippen LogP contribution in [0.2, 0.25) is 0 Å². The molecule has 0 saturated carbocycles. The number of rotatable bonds is 6. The maximum absolute atomic E-state index is 15.5. The molecule has 0 unspecified atom stereocenters. The number of halogens is 1. The largest absolute Gasteiger partial charge is 0.490 e. The Hall–Kier alpha value is -4.31. The van der Waals surface area contributed by atoms with Crippen LogP contribution in [-0.2, 0) is 16.0 Å². The number of benzene rings is 2. The molecule has 0 fully saturated rings. The fourth-order valence-corrected chi connectivity index (χ4v) is 5.33. The van der Waals surface area contributed by atoms with Crippen LogP contribution in [0.15, 0.2) is 30.3 Å². The normalized spacial score (nSPS) is 13.9. The van der Waals surface area contributed by atoms with Gasteiger partial charge in [-0.2, -0.15) is 0 Å². The van der Waals surface area contributed by atoms with E-state index in [1.165, 1.54) is 10.6 Å². The fourth-order valence-electron chi connectivity index (χ4n) is 5.33. The summed E-state index contributed by atoms with van der Waals surface area (Å²) in [5.74, 6) is -1.68. The van der Waals surface area contributed by atoms with Gasteiger partial charge < -0.3 is 19.9 Å². The van der Waals surface area contributed by atoms with Crippen LogP contribution in [-0.4, -0.2) is 43.8 Å². The van der Waals surface area contributed by atoms with Gasteiger partial charge in [0.1, 0.15) is 0 Å². The summed E-state index contributed by atoms with van der Waals surface area (Å²) in [6, 6.07) is 8.37. The minimum atomic E-state index is -1.43. The van der Waals surface area contributed by atoms with Crippen molar-refractivity contribution >= 4 is 23.3 Å². The standard InChI is InChI=1S/C32H35FN4O5/c1-16-10-11-20(13-17(16)2)30(38)35-24-15-25-34-19(4)26(29(31(39)40)42-32(5,6)7)27(37(25)36-24)22-14-23(33)28-21(18(22)3)9-8-12-41-28/h10-11,13-15,29H,8-9,12H2,1-7H3,(H,39,40)(H,35,36,38)/t29-/m0/s1. The molecule has 0 aliphatic carbocycles. The average molecular weight is 575 g/mol. The molecular formula is C32H35FN4O5. The number of carbonyl (C=O) groups is 2. The van der Waals surface area contributed by atoms with Gasteiger partial charge in [0, 0.05) is 34.0 Å². The molecule has 1 aliphatic heterocycles. The summed E-state index contributed by atoms with van der Waals surface area (Å²) in [5.41, 5.74) is 4.93. The van der Waals surface area contributed by atoms with Crippen LogP contribution in [0.5, 0.6) is 5.75 Å². The summed E-state index contributed by atoms with van der Waals surface area (Å²) in [6.45, 7) is 13.2. The Bertz CT molecular complexity index is 1740. The number of fused-ring (bicyclic) bond motifs is 2. The molecule has 42 heavy (non-hydrogen) atoms. The van der Waals surface area contributed by atoms with Crippen molar-refractivity contribution < 1.29 is 28.6 Å². The van der Waals surface area contributed by atoms with Crippen molar-refractivity contribution in [3.63, 3.8) is 0 Å². The van der Waals surface area contributed by atoms with Gasteiger partial charge in [-0.05, 0) is 96.2 Å². The molecule has 10 heteroatoms. The van der Waals surface area contributed by atoms with Gasteiger partial charge in [0.05, 0.1) is 17.9 Å². The topological polar surface area (TPSA) is 115 Å². The number of carboxylic acid groups (broad SMARTS) is 1. The number of hydrogen-bond donors (Lipinski definition) is 2. The van der Waals surface area contributed by atoms with Crippen molar-refractivity contribution in [3.8, 4) is 17.0 Å². The van der Waals surface area contributed by atoms with Gasteiger partial charge in [-0.15, -0.1) is 5.10 Å². The second-order valence-corrected chi connectivity index (χ2v) is 11.8. The van der Waals surface area contributed by atoms with E-state index in [0.717, 1.165) is 28.7 Å². The highest BCUT2D eigenvalue weighted by Gasteiger charge is 2.34. The van der Waals surface area contributed by atoms with E-state index >= 15 is 4.39 Å². The zero-order chi connectivity index (χ0) is 30.5. The first-order valence-electron chi connectivity index (χ1n) is 13.9. The summed E-state index contributed by atoms with van der Waals surface area (Å²) in [4.78, 5) is 30.4. The monoisotopic (exact) mass is 574 g/mol. The molecule has 0 bridgehead atoms. The molecule has 220 valence electrons. The number of aliphatic carboxylic acids is 1. The Labute approximate surface area is 243 Å². The number of carboxylic acids is 1. The molecule has 0 spiro atoms. The first-order valence-corrected chi connectivity index (χ1v) is 13.9. The smallest absolute Gasteiger partial charge is 0.337 e. The number of nitrogens with zero attached hydrogens (tertiary/aromatic N) is 3. The van der Waals surface area contributed by atoms with Gasteiger partial charge >= 0.3 is 5.97 Å². The SMILES string of the molecule is Cc1ccc(C(=O)Nc2cc3nc(C)c([C@H](OC(C)(C)C)C(=O)O)c(-c4cc(F)c5c(c4C)CCCO5)n3n2)cc1C. The Morgan fingerprint density at radius 2 is 1.86 bits per heavy atom.